The molecular weight excluding hydrogens is 214 g/mol. The van der Waals surface area contributed by atoms with Crippen molar-refractivity contribution >= 4 is 69.2 Å². The van der Waals surface area contributed by atoms with Crippen LogP contribution >= 0.6 is 0 Å². The summed E-state index contributed by atoms with van der Waals surface area (Å²) in [6, 6.07) is 4.60. The summed E-state index contributed by atoms with van der Waals surface area (Å²) < 4.78 is 29.3. The van der Waals surface area contributed by atoms with Gasteiger partial charge in [0.1, 0.15) is 5.75 Å². The van der Waals surface area contributed by atoms with E-state index in [1.54, 1.807) is 0 Å². The first-order chi connectivity index (χ1) is 5.00. The molecule has 2 N–H and O–H groups in total. The summed E-state index contributed by atoms with van der Waals surface area (Å²) >= 11 is 0. The molecule has 0 bridgehead atoms. The van der Waals surface area contributed by atoms with Crippen LogP contribution < -0.4 is 0 Å². The maximum atomic E-state index is 10.4. The third-order valence-corrected chi connectivity index (χ3v) is 2.00. The van der Waals surface area contributed by atoms with Crippen LogP contribution in [0.1, 0.15) is 0 Å². The second-order valence-electron chi connectivity index (χ2n) is 1.97. The zero-order valence-corrected chi connectivity index (χ0v) is 6.25. The Morgan fingerprint density at radius 2 is 1.38 bits per heavy atom. The van der Waals surface area contributed by atoms with Gasteiger partial charge in [-0.25, -0.2) is 0 Å². The predicted octanol–water partition coefficient (Wildman–Crippen LogP) is -0.658. The van der Waals surface area contributed by atoms with E-state index in [9.17, 15) is 8.42 Å². The summed E-state index contributed by atoms with van der Waals surface area (Å²) in [5, 5.41) is 8.75. The second-order valence-corrected chi connectivity index (χ2v) is 3.39. The molecule has 0 saturated heterocycles. The molecule has 0 radical (unpaired) electrons. The first-order valence-electron chi connectivity index (χ1n) is 2.77. The van der Waals surface area contributed by atoms with Crippen LogP contribution in [0.15, 0.2) is 29.2 Å². The molecule has 0 unspecified atom stereocenters. The first kappa shape index (κ1) is 16.4. The van der Waals surface area contributed by atoms with Crippen molar-refractivity contribution in [2.75, 3.05) is 0 Å². The van der Waals surface area contributed by atoms with Gasteiger partial charge in [0.15, 0.2) is 0 Å². The Kier molecular flexibility index (Phi) is 8.08. The Labute approximate surface area is 121 Å². The molecule has 0 saturated carbocycles. The molecule has 0 amide bonds. The van der Waals surface area contributed by atoms with E-state index in [-0.39, 0.29) is 69.8 Å². The van der Waals surface area contributed by atoms with Gasteiger partial charge >= 0.3 is 59.1 Å². The van der Waals surface area contributed by atoms with Crippen LogP contribution in [0.5, 0.6) is 5.75 Å². The third kappa shape index (κ3) is 5.39. The van der Waals surface area contributed by atoms with Gasteiger partial charge in [0.2, 0.25) is 0 Å². The maximum absolute atomic E-state index is 10.4. The van der Waals surface area contributed by atoms with Crippen LogP contribution in [0.25, 0.3) is 0 Å². The third-order valence-electron chi connectivity index (χ3n) is 1.13. The van der Waals surface area contributed by atoms with E-state index in [2.05, 4.69) is 0 Å². The SMILES string of the molecule is O=S(=O)(O)c1ccc(O)cc1.[NaH].[NaH]. The number of phenolic OH excluding ortho intramolecular Hbond substituents is 1. The molecule has 0 aliphatic rings. The van der Waals surface area contributed by atoms with Gasteiger partial charge in [-0.05, 0) is 24.3 Å². The van der Waals surface area contributed by atoms with Gasteiger partial charge in [-0.1, -0.05) is 0 Å². The minimum atomic E-state index is -4.13. The number of benzene rings is 1. The van der Waals surface area contributed by atoms with E-state index >= 15 is 0 Å². The van der Waals surface area contributed by atoms with Gasteiger partial charge in [0, 0.05) is 0 Å². The summed E-state index contributed by atoms with van der Waals surface area (Å²) in [5.74, 6) is -0.0441. The Morgan fingerprint density at radius 3 is 1.69 bits per heavy atom. The van der Waals surface area contributed by atoms with Crippen LogP contribution in [0, 0.1) is 0 Å². The normalized spacial score (nSPS) is 9.62. The van der Waals surface area contributed by atoms with Crippen molar-refractivity contribution in [2.45, 2.75) is 4.90 Å². The molecule has 1 aromatic rings. The Bertz CT molecular complexity index is 345. The number of hydrogen-bond acceptors (Lipinski definition) is 3. The average molecular weight is 222 g/mol. The van der Waals surface area contributed by atoms with E-state index in [1.165, 1.54) is 12.1 Å². The van der Waals surface area contributed by atoms with Crippen LogP contribution in [0.2, 0.25) is 0 Å². The van der Waals surface area contributed by atoms with Gasteiger partial charge in [0.05, 0.1) is 4.90 Å². The molecule has 0 aliphatic heterocycles. The van der Waals surface area contributed by atoms with Gasteiger partial charge in [0.25, 0.3) is 10.1 Å². The number of rotatable bonds is 1. The number of hydrogen-bond donors (Lipinski definition) is 2. The van der Waals surface area contributed by atoms with Gasteiger partial charge < -0.3 is 5.11 Å². The van der Waals surface area contributed by atoms with Crippen LogP contribution in [0.4, 0.5) is 0 Å². The molecule has 0 heterocycles. The van der Waals surface area contributed by atoms with Crippen molar-refractivity contribution in [3.63, 3.8) is 0 Å². The standard InChI is InChI=1S/C6H6O4S.2Na.2H/c7-5-1-3-6(4-2-5)11(8,9)10;;;;/h1-4,7H,(H,8,9,10);;;;. The van der Waals surface area contributed by atoms with Crippen molar-refractivity contribution in [3.05, 3.63) is 24.3 Å². The monoisotopic (exact) mass is 222 g/mol. The molecule has 1 aromatic carbocycles. The van der Waals surface area contributed by atoms with Crippen molar-refractivity contribution in [1.29, 1.82) is 0 Å². The Hall–Kier alpha value is 0.930. The van der Waals surface area contributed by atoms with E-state index in [0.29, 0.717) is 0 Å². The summed E-state index contributed by atoms with van der Waals surface area (Å²) in [6.45, 7) is 0. The molecule has 4 nitrogen and oxygen atoms in total. The summed E-state index contributed by atoms with van der Waals surface area (Å²) in [4.78, 5) is -0.227. The first-order valence-corrected chi connectivity index (χ1v) is 4.21. The molecule has 0 atom stereocenters. The fraction of sp³-hybridized carbons (Fsp3) is 0. The summed E-state index contributed by atoms with van der Waals surface area (Å²) in [5.41, 5.74) is 0. The zero-order valence-electron chi connectivity index (χ0n) is 5.43. The molecule has 1 rings (SSSR count). The number of aromatic hydroxyl groups is 1. The average Bonchev–Trinajstić information content (AvgIpc) is 1.86. The van der Waals surface area contributed by atoms with Crippen LogP contribution in [-0.2, 0) is 10.1 Å². The second kappa shape index (κ2) is 6.42. The quantitative estimate of drug-likeness (QED) is 0.488. The summed E-state index contributed by atoms with van der Waals surface area (Å²) in [6.07, 6.45) is 0. The Morgan fingerprint density at radius 1 is 1.00 bits per heavy atom. The van der Waals surface area contributed by atoms with E-state index < -0.39 is 10.1 Å². The number of phenols is 1. The van der Waals surface area contributed by atoms with Crippen molar-refractivity contribution < 1.29 is 18.1 Å². The molecule has 13 heavy (non-hydrogen) atoms. The molecule has 0 spiro atoms. The van der Waals surface area contributed by atoms with Crippen LogP contribution in [-0.4, -0.2) is 77.2 Å². The van der Waals surface area contributed by atoms with Gasteiger partial charge in [-0.3, -0.25) is 4.55 Å². The summed E-state index contributed by atoms with van der Waals surface area (Å²) in [7, 11) is -4.13. The van der Waals surface area contributed by atoms with E-state index in [4.69, 9.17) is 9.66 Å². The van der Waals surface area contributed by atoms with Gasteiger partial charge in [-0.2, -0.15) is 8.42 Å². The van der Waals surface area contributed by atoms with E-state index in [0.717, 1.165) is 12.1 Å². The van der Waals surface area contributed by atoms with Gasteiger partial charge in [-0.15, -0.1) is 0 Å². The van der Waals surface area contributed by atoms with Crippen molar-refractivity contribution in [2.24, 2.45) is 0 Å². The molecule has 0 fully saturated rings. The zero-order chi connectivity index (χ0) is 8.48. The predicted molar refractivity (Wildman–Crippen MR) is 52.2 cm³/mol. The fourth-order valence-electron chi connectivity index (χ4n) is 0.618. The molecule has 7 heteroatoms. The topological polar surface area (TPSA) is 74.6 Å². The molecule has 0 aromatic heterocycles. The minimum absolute atomic E-state index is 0. The van der Waals surface area contributed by atoms with Crippen LogP contribution in [0.3, 0.4) is 0 Å². The van der Waals surface area contributed by atoms with Crippen molar-refractivity contribution in [3.8, 4) is 5.75 Å². The molecule has 0 aliphatic carbocycles. The van der Waals surface area contributed by atoms with Crippen molar-refractivity contribution in [1.82, 2.24) is 0 Å². The van der Waals surface area contributed by atoms with E-state index in [1.807, 2.05) is 0 Å². The molecular formula is C6H8Na2O4S. The fourth-order valence-corrected chi connectivity index (χ4v) is 1.10. The molecule has 64 valence electrons. The Balaban J connectivity index is 0.